The van der Waals surface area contributed by atoms with Crippen molar-refractivity contribution in [1.29, 1.82) is 0 Å². The van der Waals surface area contributed by atoms with Gasteiger partial charge in [-0.2, -0.15) is 35.7 Å². The van der Waals surface area contributed by atoms with Crippen molar-refractivity contribution in [2.45, 2.75) is 37.7 Å². The molecule has 0 radical (unpaired) electrons. The summed E-state index contributed by atoms with van der Waals surface area (Å²) in [4.78, 5) is 12.0. The predicted octanol–water partition coefficient (Wildman–Crippen LogP) is 2.46. The number of ether oxygens (including phenoxy) is 1. The van der Waals surface area contributed by atoms with E-state index in [0.717, 1.165) is 10.7 Å². The van der Waals surface area contributed by atoms with Crippen molar-refractivity contribution in [2.75, 3.05) is 6.61 Å². The van der Waals surface area contributed by atoms with Gasteiger partial charge in [0.15, 0.2) is 0 Å². The van der Waals surface area contributed by atoms with Gasteiger partial charge in [0.25, 0.3) is 5.60 Å². The molecule has 0 atom stereocenters. The molecule has 1 N–H and O–H groups in total. The fourth-order valence-corrected chi connectivity index (χ4v) is 2.25. The van der Waals surface area contributed by atoms with Crippen LogP contribution >= 0.6 is 0 Å². The second-order valence-electron chi connectivity index (χ2n) is 6.44. The maximum Gasteiger partial charge on any atom is 0.429 e. The number of hydrogen-bond acceptors (Lipinski definition) is 5. The fraction of sp³-hybridized carbons (Fsp3) is 0.533. The molecule has 0 aliphatic heterocycles. The molecule has 1 aromatic heterocycles. The Morgan fingerprint density at radius 2 is 1.66 bits per heavy atom. The van der Waals surface area contributed by atoms with E-state index >= 15 is 0 Å². The molecule has 0 bridgehead atoms. The third-order valence-electron chi connectivity index (χ3n) is 4.02. The lowest BCUT2D eigenvalue weighted by atomic mass is 10.0. The number of rotatable bonds is 5. The molecule has 14 heteroatoms. The minimum atomic E-state index is -6.13. The molecule has 7 nitrogen and oxygen atoms in total. The highest BCUT2D eigenvalue weighted by atomic mass is 19.4. The maximum atomic E-state index is 14.3. The maximum absolute atomic E-state index is 14.3. The first-order valence-corrected chi connectivity index (χ1v) is 7.91. The molecular formula is C15H15F7N4O3. The molecule has 0 unspecified atom stereocenters. The Labute approximate surface area is 158 Å². The minimum Gasteiger partial charge on any atom is -0.487 e. The Morgan fingerprint density at radius 3 is 2.07 bits per heavy atom. The van der Waals surface area contributed by atoms with Gasteiger partial charge in [-0.25, -0.2) is 9.18 Å². The van der Waals surface area contributed by atoms with Crippen molar-refractivity contribution in [2.24, 2.45) is 7.05 Å². The third kappa shape index (κ3) is 4.06. The smallest absolute Gasteiger partial charge is 0.429 e. The molecular weight excluding hydrogens is 417 g/mol. The summed E-state index contributed by atoms with van der Waals surface area (Å²) in [6.45, 7) is 0.797. The van der Waals surface area contributed by atoms with Crippen LogP contribution in [0, 0.1) is 5.82 Å². The first-order valence-electron chi connectivity index (χ1n) is 7.91. The number of aromatic nitrogens is 4. The standard InChI is InChI=1S/C15H15F7N4O3/c1-7(2)8-4-10(26-12(27)25(3)23-24-26)11(5-9(8)16)29-6-13(28,14(17,18)19)15(20,21)22/h4-5,7,28H,6H2,1-3H3. The summed E-state index contributed by atoms with van der Waals surface area (Å²) < 4.78 is 97.1. The largest absolute Gasteiger partial charge is 0.487 e. The highest BCUT2D eigenvalue weighted by Gasteiger charge is 2.71. The van der Waals surface area contributed by atoms with Crippen molar-refractivity contribution >= 4 is 0 Å². The average Bonchev–Trinajstić information content (AvgIpc) is 2.89. The fourth-order valence-electron chi connectivity index (χ4n) is 2.25. The summed E-state index contributed by atoms with van der Waals surface area (Å²) in [6.07, 6.45) is -12.3. The molecule has 29 heavy (non-hydrogen) atoms. The lowest BCUT2D eigenvalue weighted by Crippen LogP contribution is -2.60. The van der Waals surface area contributed by atoms with Crippen LogP contribution < -0.4 is 10.4 Å². The van der Waals surface area contributed by atoms with E-state index in [1.807, 2.05) is 0 Å². The number of benzene rings is 1. The first kappa shape index (κ1) is 22.6. The van der Waals surface area contributed by atoms with Crippen molar-refractivity contribution < 1.29 is 40.6 Å². The number of halogens is 7. The molecule has 1 heterocycles. The van der Waals surface area contributed by atoms with Crippen molar-refractivity contribution in [3.05, 3.63) is 34.0 Å². The zero-order chi connectivity index (χ0) is 22.4. The van der Waals surface area contributed by atoms with E-state index in [-0.39, 0.29) is 5.56 Å². The summed E-state index contributed by atoms with van der Waals surface area (Å²) in [5.41, 5.74) is -6.59. The van der Waals surface area contributed by atoms with Crippen LogP contribution in [-0.4, -0.2) is 49.5 Å². The Kier molecular flexibility index (Phi) is 5.71. The number of tetrazole rings is 1. The average molecular weight is 432 g/mol. The van der Waals surface area contributed by atoms with Crippen molar-refractivity contribution in [3.8, 4) is 11.4 Å². The van der Waals surface area contributed by atoms with E-state index in [4.69, 9.17) is 0 Å². The van der Waals surface area contributed by atoms with Gasteiger partial charge >= 0.3 is 18.0 Å². The molecule has 2 aromatic rings. The SMILES string of the molecule is CC(C)c1cc(-n2nnn(C)c2=O)c(OCC(O)(C(F)(F)F)C(F)(F)F)cc1F. The van der Waals surface area contributed by atoms with Crippen LogP contribution in [0.1, 0.15) is 25.3 Å². The Bertz CT molecular complexity index is 933. The molecule has 0 saturated heterocycles. The summed E-state index contributed by atoms with van der Waals surface area (Å²) in [7, 11) is 1.19. The Hall–Kier alpha value is -2.64. The zero-order valence-corrected chi connectivity index (χ0v) is 15.1. The van der Waals surface area contributed by atoms with Gasteiger partial charge < -0.3 is 9.84 Å². The van der Waals surface area contributed by atoms with Crippen LogP contribution in [0.25, 0.3) is 5.69 Å². The van der Waals surface area contributed by atoms with Crippen LogP contribution in [0.3, 0.4) is 0 Å². The molecule has 162 valence electrons. The van der Waals surface area contributed by atoms with Gasteiger partial charge in [-0.1, -0.05) is 13.8 Å². The normalized spacial score (nSPS) is 13.2. The van der Waals surface area contributed by atoms with E-state index in [2.05, 4.69) is 15.2 Å². The van der Waals surface area contributed by atoms with Crippen LogP contribution in [0.4, 0.5) is 30.7 Å². The predicted molar refractivity (Wildman–Crippen MR) is 83.2 cm³/mol. The van der Waals surface area contributed by atoms with Gasteiger partial charge in [0.2, 0.25) is 0 Å². The lowest BCUT2D eigenvalue weighted by Gasteiger charge is -2.32. The number of nitrogens with zero attached hydrogens (tertiary/aromatic N) is 4. The zero-order valence-electron chi connectivity index (χ0n) is 15.1. The summed E-state index contributed by atoms with van der Waals surface area (Å²) >= 11 is 0. The highest BCUT2D eigenvalue weighted by Crippen LogP contribution is 2.43. The summed E-state index contributed by atoms with van der Waals surface area (Å²) in [6, 6.07) is 1.50. The summed E-state index contributed by atoms with van der Waals surface area (Å²) in [5.74, 6) is -2.34. The monoisotopic (exact) mass is 432 g/mol. The molecule has 0 amide bonds. The van der Waals surface area contributed by atoms with Crippen molar-refractivity contribution in [1.82, 2.24) is 19.8 Å². The highest BCUT2D eigenvalue weighted by molar-refractivity contribution is 5.49. The van der Waals surface area contributed by atoms with E-state index in [9.17, 15) is 40.6 Å². The molecule has 0 spiro atoms. The number of aryl methyl sites for hydroxylation is 1. The van der Waals surface area contributed by atoms with Gasteiger partial charge in [0, 0.05) is 13.1 Å². The summed E-state index contributed by atoms with van der Waals surface area (Å²) in [5, 5.41) is 16.0. The third-order valence-corrected chi connectivity index (χ3v) is 4.02. The topological polar surface area (TPSA) is 82.2 Å². The van der Waals surface area contributed by atoms with Crippen LogP contribution in [0.15, 0.2) is 16.9 Å². The van der Waals surface area contributed by atoms with E-state index in [1.54, 1.807) is 13.8 Å². The molecule has 0 aliphatic rings. The Balaban J connectivity index is 2.59. The minimum absolute atomic E-state index is 0.00759. The lowest BCUT2D eigenvalue weighted by molar-refractivity contribution is -0.373. The Morgan fingerprint density at radius 1 is 1.10 bits per heavy atom. The van der Waals surface area contributed by atoms with E-state index in [1.165, 1.54) is 7.05 Å². The van der Waals surface area contributed by atoms with Gasteiger partial charge in [0.1, 0.15) is 23.9 Å². The number of alkyl halides is 6. The second-order valence-corrected chi connectivity index (χ2v) is 6.44. The second kappa shape index (κ2) is 7.31. The molecule has 0 aliphatic carbocycles. The molecule has 0 saturated carbocycles. The van der Waals surface area contributed by atoms with Crippen LogP contribution in [0.2, 0.25) is 0 Å². The van der Waals surface area contributed by atoms with Gasteiger partial charge in [0.05, 0.1) is 0 Å². The molecule has 1 aromatic carbocycles. The van der Waals surface area contributed by atoms with Gasteiger partial charge in [-0.05, 0) is 28.0 Å². The molecule has 2 rings (SSSR count). The van der Waals surface area contributed by atoms with Crippen LogP contribution in [-0.2, 0) is 7.05 Å². The van der Waals surface area contributed by atoms with Crippen LogP contribution in [0.5, 0.6) is 5.75 Å². The number of aliphatic hydroxyl groups is 1. The van der Waals surface area contributed by atoms with E-state index < -0.39 is 53.4 Å². The van der Waals surface area contributed by atoms with Crippen molar-refractivity contribution in [3.63, 3.8) is 0 Å². The van der Waals surface area contributed by atoms with E-state index in [0.29, 0.717) is 10.7 Å². The molecule has 0 fully saturated rings. The quantitative estimate of drug-likeness (QED) is 0.735. The van der Waals surface area contributed by atoms with Gasteiger partial charge in [-0.3, -0.25) is 0 Å². The van der Waals surface area contributed by atoms with Gasteiger partial charge in [-0.15, -0.1) is 0 Å². The number of hydrogen-bond donors (Lipinski definition) is 1. The first-order chi connectivity index (χ1) is 13.1.